The van der Waals surface area contributed by atoms with Gasteiger partial charge in [-0.2, -0.15) is 0 Å². The number of aromatic hydroxyl groups is 1. The number of piperidine rings is 1. The molecule has 1 fully saturated rings. The number of nitrogens with one attached hydrogen (secondary N) is 1. The van der Waals surface area contributed by atoms with E-state index < -0.39 is 0 Å². The molecule has 0 amide bonds. The summed E-state index contributed by atoms with van der Waals surface area (Å²) in [5.41, 5.74) is 1.65. The molecule has 0 aromatic heterocycles. The molecule has 2 heteroatoms. The highest BCUT2D eigenvalue weighted by atomic mass is 16.3. The van der Waals surface area contributed by atoms with Crippen LogP contribution in [-0.4, -0.2) is 18.2 Å². The molecule has 1 atom stereocenters. The highest BCUT2D eigenvalue weighted by Gasteiger charge is 2.32. The van der Waals surface area contributed by atoms with Crippen molar-refractivity contribution in [2.45, 2.75) is 26.2 Å². The summed E-state index contributed by atoms with van der Waals surface area (Å²) in [6, 6.07) is 7.67. The summed E-state index contributed by atoms with van der Waals surface area (Å²) < 4.78 is 0. The molecule has 2 rings (SSSR count). The maximum Gasteiger partial charge on any atom is 0.115 e. The SMILES string of the molecule is CC1(C)CNCCC1c1ccc(O)cc1. The van der Waals surface area contributed by atoms with Gasteiger partial charge in [0.25, 0.3) is 0 Å². The van der Waals surface area contributed by atoms with Crippen LogP contribution in [-0.2, 0) is 0 Å². The smallest absolute Gasteiger partial charge is 0.115 e. The molecule has 1 aromatic rings. The first-order valence-corrected chi connectivity index (χ1v) is 5.59. The lowest BCUT2D eigenvalue weighted by atomic mass is 9.71. The fraction of sp³-hybridized carbons (Fsp3) is 0.538. The molecule has 2 N–H and O–H groups in total. The maximum absolute atomic E-state index is 9.27. The van der Waals surface area contributed by atoms with Gasteiger partial charge >= 0.3 is 0 Å². The van der Waals surface area contributed by atoms with Crippen LogP contribution in [0.15, 0.2) is 24.3 Å². The Morgan fingerprint density at radius 3 is 2.53 bits per heavy atom. The Morgan fingerprint density at radius 1 is 1.27 bits per heavy atom. The molecule has 82 valence electrons. The van der Waals surface area contributed by atoms with Crippen molar-refractivity contribution in [2.24, 2.45) is 5.41 Å². The Labute approximate surface area is 91.3 Å². The van der Waals surface area contributed by atoms with E-state index in [0.717, 1.165) is 13.1 Å². The van der Waals surface area contributed by atoms with Gasteiger partial charge in [-0.05, 0) is 42.0 Å². The average molecular weight is 205 g/mol. The van der Waals surface area contributed by atoms with E-state index in [1.54, 1.807) is 12.1 Å². The van der Waals surface area contributed by atoms with E-state index in [1.165, 1.54) is 12.0 Å². The van der Waals surface area contributed by atoms with Crippen LogP contribution in [0.2, 0.25) is 0 Å². The molecule has 0 spiro atoms. The van der Waals surface area contributed by atoms with Crippen molar-refractivity contribution in [3.05, 3.63) is 29.8 Å². The Morgan fingerprint density at radius 2 is 1.93 bits per heavy atom. The van der Waals surface area contributed by atoms with Gasteiger partial charge in [-0.25, -0.2) is 0 Å². The minimum atomic E-state index is 0.301. The van der Waals surface area contributed by atoms with E-state index in [0.29, 0.717) is 17.1 Å². The van der Waals surface area contributed by atoms with Crippen molar-refractivity contribution in [3.8, 4) is 5.75 Å². The Bertz CT molecular complexity index is 329. The van der Waals surface area contributed by atoms with Gasteiger partial charge < -0.3 is 10.4 Å². The molecular formula is C13H19NO. The van der Waals surface area contributed by atoms with Gasteiger partial charge in [0, 0.05) is 6.54 Å². The van der Waals surface area contributed by atoms with Gasteiger partial charge in [-0.3, -0.25) is 0 Å². The molecule has 1 aliphatic rings. The number of hydrogen-bond donors (Lipinski definition) is 2. The molecule has 0 bridgehead atoms. The van der Waals surface area contributed by atoms with Crippen LogP contribution in [0.25, 0.3) is 0 Å². The molecule has 1 aliphatic heterocycles. The van der Waals surface area contributed by atoms with Gasteiger partial charge in [0.1, 0.15) is 5.75 Å². The highest BCUT2D eigenvalue weighted by molar-refractivity contribution is 5.29. The quantitative estimate of drug-likeness (QED) is 0.738. The second-order valence-corrected chi connectivity index (χ2v) is 5.10. The second-order valence-electron chi connectivity index (χ2n) is 5.10. The molecular weight excluding hydrogens is 186 g/mol. The Kier molecular flexibility index (Phi) is 2.70. The lowest BCUT2D eigenvalue weighted by Gasteiger charge is -2.39. The van der Waals surface area contributed by atoms with Crippen molar-refractivity contribution in [3.63, 3.8) is 0 Å². The highest BCUT2D eigenvalue weighted by Crippen LogP contribution is 2.39. The van der Waals surface area contributed by atoms with E-state index >= 15 is 0 Å². The van der Waals surface area contributed by atoms with Gasteiger partial charge in [0.15, 0.2) is 0 Å². The fourth-order valence-corrected chi connectivity index (χ4v) is 2.50. The predicted octanol–water partition coefficient (Wildman–Crippen LogP) is 2.50. The van der Waals surface area contributed by atoms with Gasteiger partial charge in [0.2, 0.25) is 0 Å². The van der Waals surface area contributed by atoms with Gasteiger partial charge in [-0.1, -0.05) is 26.0 Å². The first kappa shape index (κ1) is 10.5. The van der Waals surface area contributed by atoms with Crippen LogP contribution in [0.5, 0.6) is 5.75 Å². The topological polar surface area (TPSA) is 32.3 Å². The van der Waals surface area contributed by atoms with Crippen LogP contribution in [0.1, 0.15) is 31.7 Å². The van der Waals surface area contributed by atoms with E-state index in [9.17, 15) is 5.11 Å². The third-order valence-electron chi connectivity index (χ3n) is 3.43. The van der Waals surface area contributed by atoms with Gasteiger partial charge in [0.05, 0.1) is 0 Å². The van der Waals surface area contributed by atoms with Crippen molar-refractivity contribution >= 4 is 0 Å². The number of hydrogen-bond acceptors (Lipinski definition) is 2. The van der Waals surface area contributed by atoms with Crippen LogP contribution < -0.4 is 5.32 Å². The minimum absolute atomic E-state index is 0.301. The third-order valence-corrected chi connectivity index (χ3v) is 3.43. The minimum Gasteiger partial charge on any atom is -0.508 e. The Hall–Kier alpha value is -1.02. The van der Waals surface area contributed by atoms with Gasteiger partial charge in [-0.15, -0.1) is 0 Å². The summed E-state index contributed by atoms with van der Waals surface area (Å²) in [5.74, 6) is 0.949. The first-order chi connectivity index (χ1) is 7.09. The van der Waals surface area contributed by atoms with Crippen LogP contribution in [0.4, 0.5) is 0 Å². The number of phenolic OH excluding ortho intramolecular Hbond substituents is 1. The van der Waals surface area contributed by atoms with E-state index in [2.05, 4.69) is 19.2 Å². The van der Waals surface area contributed by atoms with Crippen LogP contribution >= 0.6 is 0 Å². The maximum atomic E-state index is 9.27. The third kappa shape index (κ3) is 2.15. The molecule has 15 heavy (non-hydrogen) atoms. The fourth-order valence-electron chi connectivity index (χ4n) is 2.50. The zero-order valence-electron chi connectivity index (χ0n) is 9.46. The molecule has 0 saturated carbocycles. The van der Waals surface area contributed by atoms with Crippen molar-refractivity contribution in [1.29, 1.82) is 0 Å². The molecule has 1 aromatic carbocycles. The normalized spacial score (nSPS) is 25.1. The number of benzene rings is 1. The van der Waals surface area contributed by atoms with E-state index in [-0.39, 0.29) is 0 Å². The Balaban J connectivity index is 2.25. The molecule has 1 heterocycles. The van der Waals surface area contributed by atoms with Crippen LogP contribution in [0.3, 0.4) is 0 Å². The second kappa shape index (κ2) is 3.86. The zero-order valence-corrected chi connectivity index (χ0v) is 9.46. The van der Waals surface area contributed by atoms with E-state index in [4.69, 9.17) is 0 Å². The summed E-state index contributed by atoms with van der Waals surface area (Å²) >= 11 is 0. The molecule has 1 saturated heterocycles. The van der Waals surface area contributed by atoms with Crippen molar-refractivity contribution in [1.82, 2.24) is 5.32 Å². The summed E-state index contributed by atoms with van der Waals surface area (Å²) in [5, 5.41) is 12.7. The van der Waals surface area contributed by atoms with Crippen molar-refractivity contribution < 1.29 is 5.11 Å². The number of phenols is 1. The largest absolute Gasteiger partial charge is 0.508 e. The molecule has 0 aliphatic carbocycles. The molecule has 2 nitrogen and oxygen atoms in total. The summed E-state index contributed by atoms with van der Waals surface area (Å²) in [6.45, 7) is 6.76. The van der Waals surface area contributed by atoms with Crippen LogP contribution in [0, 0.1) is 5.41 Å². The molecule has 1 unspecified atom stereocenters. The monoisotopic (exact) mass is 205 g/mol. The summed E-state index contributed by atoms with van der Waals surface area (Å²) in [4.78, 5) is 0. The van der Waals surface area contributed by atoms with Crippen molar-refractivity contribution in [2.75, 3.05) is 13.1 Å². The molecule has 0 radical (unpaired) electrons. The number of rotatable bonds is 1. The standard InChI is InChI=1S/C13H19NO/c1-13(2)9-14-8-7-12(13)10-3-5-11(15)6-4-10/h3-6,12,14-15H,7-9H2,1-2H3. The lowest BCUT2D eigenvalue weighted by molar-refractivity contribution is 0.219. The average Bonchev–Trinajstić information content (AvgIpc) is 2.19. The summed E-state index contributed by atoms with van der Waals surface area (Å²) in [7, 11) is 0. The van der Waals surface area contributed by atoms with E-state index in [1.807, 2.05) is 12.1 Å². The predicted molar refractivity (Wildman–Crippen MR) is 62.1 cm³/mol. The first-order valence-electron chi connectivity index (χ1n) is 5.59. The lowest BCUT2D eigenvalue weighted by Crippen LogP contribution is -2.41. The zero-order chi connectivity index (χ0) is 10.9. The summed E-state index contributed by atoms with van der Waals surface area (Å²) in [6.07, 6.45) is 1.18.